The molecule has 154 valence electrons. The summed E-state index contributed by atoms with van der Waals surface area (Å²) in [5.74, 6) is 1.20. The second-order valence-electron chi connectivity index (χ2n) is 8.24. The van der Waals surface area contributed by atoms with Crippen LogP contribution < -0.4 is 0 Å². The Morgan fingerprint density at radius 1 is 1.00 bits per heavy atom. The molecule has 0 radical (unpaired) electrons. The monoisotopic (exact) mass is 401 g/mol. The average molecular weight is 402 g/mol. The first-order valence-corrected chi connectivity index (χ1v) is 10.6. The minimum absolute atomic E-state index is 0.568. The van der Waals surface area contributed by atoms with Crippen molar-refractivity contribution in [3.05, 3.63) is 71.7 Å². The number of nitrogens with zero attached hydrogens (tertiary/aromatic N) is 4. The molecule has 0 saturated carbocycles. The second kappa shape index (κ2) is 8.42. The molecule has 4 aromatic rings. The summed E-state index contributed by atoms with van der Waals surface area (Å²) >= 11 is 0. The van der Waals surface area contributed by atoms with E-state index in [2.05, 4.69) is 56.3 Å². The fraction of sp³-hybridized carbons (Fsp3) is 0.333. The molecule has 1 saturated heterocycles. The van der Waals surface area contributed by atoms with Gasteiger partial charge in [-0.15, -0.1) is 10.2 Å². The Hall–Kier alpha value is -2.96. The molecular formula is C24H27N5O. The smallest absolute Gasteiger partial charge is 0.247 e. The number of likely N-dealkylation sites (tertiary alicyclic amines) is 1. The Morgan fingerprint density at radius 3 is 2.67 bits per heavy atom. The molecule has 1 aliphatic heterocycles. The zero-order chi connectivity index (χ0) is 20.3. The molecule has 0 aliphatic carbocycles. The minimum atomic E-state index is 0.568. The van der Waals surface area contributed by atoms with Crippen molar-refractivity contribution in [2.75, 3.05) is 20.1 Å². The first kappa shape index (κ1) is 19.0. The summed E-state index contributed by atoms with van der Waals surface area (Å²) in [7, 11) is 2.08. The summed E-state index contributed by atoms with van der Waals surface area (Å²) in [6, 6.07) is 18.8. The maximum absolute atomic E-state index is 5.84. The van der Waals surface area contributed by atoms with Crippen LogP contribution in [-0.2, 0) is 19.6 Å². The standard InChI is InChI=1S/C24H27N5O/c1-28(17-23-26-27-24(30-23)19-7-3-2-4-8-19)15-18-9-10-22-20(13-18)14-21(25-22)16-29-11-5-6-12-29/h2-4,7-10,13-14,25H,5-6,11-12,15-17H2,1H3. The van der Waals surface area contributed by atoms with E-state index in [9.17, 15) is 0 Å². The molecule has 0 bridgehead atoms. The molecule has 1 N–H and O–H groups in total. The fourth-order valence-electron chi connectivity index (χ4n) is 4.22. The van der Waals surface area contributed by atoms with Gasteiger partial charge < -0.3 is 9.40 Å². The van der Waals surface area contributed by atoms with Gasteiger partial charge >= 0.3 is 0 Å². The molecule has 6 nitrogen and oxygen atoms in total. The third-order valence-corrected chi connectivity index (χ3v) is 5.68. The molecular weight excluding hydrogens is 374 g/mol. The van der Waals surface area contributed by atoms with Gasteiger partial charge in [-0.1, -0.05) is 24.3 Å². The van der Waals surface area contributed by atoms with Crippen molar-refractivity contribution >= 4 is 10.9 Å². The SMILES string of the molecule is CN(Cc1ccc2[nH]c(CN3CCCC3)cc2c1)Cc1nnc(-c2ccccc2)o1. The van der Waals surface area contributed by atoms with Crippen molar-refractivity contribution in [1.29, 1.82) is 0 Å². The van der Waals surface area contributed by atoms with Crippen molar-refractivity contribution in [3.8, 4) is 11.5 Å². The lowest BCUT2D eigenvalue weighted by molar-refractivity contribution is 0.283. The van der Waals surface area contributed by atoms with E-state index in [-0.39, 0.29) is 0 Å². The predicted octanol–water partition coefficient (Wildman–Crippen LogP) is 4.45. The van der Waals surface area contributed by atoms with Crippen molar-refractivity contribution < 1.29 is 4.42 Å². The van der Waals surface area contributed by atoms with Crippen LogP contribution in [-0.4, -0.2) is 45.1 Å². The fourth-order valence-corrected chi connectivity index (χ4v) is 4.22. The van der Waals surface area contributed by atoms with Crippen LogP contribution in [0.4, 0.5) is 0 Å². The number of aromatic nitrogens is 3. The van der Waals surface area contributed by atoms with Crippen LogP contribution in [0.5, 0.6) is 0 Å². The van der Waals surface area contributed by atoms with Crippen molar-refractivity contribution in [3.63, 3.8) is 0 Å². The van der Waals surface area contributed by atoms with Gasteiger partial charge in [0.25, 0.3) is 0 Å². The number of H-pyrrole nitrogens is 1. The number of hydrogen-bond donors (Lipinski definition) is 1. The van der Waals surface area contributed by atoms with Gasteiger partial charge in [-0.05, 0) is 68.9 Å². The molecule has 2 aromatic heterocycles. The highest BCUT2D eigenvalue weighted by molar-refractivity contribution is 5.81. The average Bonchev–Trinajstić information content (AvgIpc) is 3.49. The Balaban J connectivity index is 1.23. The summed E-state index contributed by atoms with van der Waals surface area (Å²) in [6.45, 7) is 4.89. The Labute approximate surface area is 176 Å². The lowest BCUT2D eigenvalue weighted by Gasteiger charge is -2.14. The van der Waals surface area contributed by atoms with Crippen LogP contribution in [0.15, 0.2) is 59.0 Å². The third-order valence-electron chi connectivity index (χ3n) is 5.68. The Bertz CT molecular complexity index is 1110. The van der Waals surface area contributed by atoms with Gasteiger partial charge in [0.2, 0.25) is 11.8 Å². The molecule has 1 aliphatic rings. The molecule has 30 heavy (non-hydrogen) atoms. The number of aromatic amines is 1. The van der Waals surface area contributed by atoms with E-state index in [1.807, 2.05) is 30.3 Å². The normalized spacial score (nSPS) is 14.9. The summed E-state index contributed by atoms with van der Waals surface area (Å²) in [4.78, 5) is 8.29. The van der Waals surface area contributed by atoms with Gasteiger partial charge in [0, 0.05) is 35.2 Å². The van der Waals surface area contributed by atoms with Crippen LogP contribution >= 0.6 is 0 Å². The van der Waals surface area contributed by atoms with Crippen molar-refractivity contribution in [1.82, 2.24) is 25.0 Å². The Kier molecular flexibility index (Phi) is 5.34. The van der Waals surface area contributed by atoms with E-state index in [0.29, 0.717) is 18.3 Å². The summed E-state index contributed by atoms with van der Waals surface area (Å²) < 4.78 is 5.84. The van der Waals surface area contributed by atoms with Gasteiger partial charge in [-0.3, -0.25) is 9.80 Å². The zero-order valence-electron chi connectivity index (χ0n) is 17.3. The number of nitrogens with one attached hydrogen (secondary N) is 1. The summed E-state index contributed by atoms with van der Waals surface area (Å²) in [5, 5.41) is 9.67. The summed E-state index contributed by atoms with van der Waals surface area (Å²) in [6.07, 6.45) is 2.65. The first-order chi connectivity index (χ1) is 14.7. The molecule has 2 aromatic carbocycles. The van der Waals surface area contributed by atoms with Gasteiger partial charge in [0.05, 0.1) is 6.54 Å². The molecule has 0 atom stereocenters. The molecule has 3 heterocycles. The number of benzene rings is 2. The van der Waals surface area contributed by atoms with Crippen LogP contribution in [0.2, 0.25) is 0 Å². The lowest BCUT2D eigenvalue weighted by atomic mass is 10.1. The van der Waals surface area contributed by atoms with E-state index in [4.69, 9.17) is 4.42 Å². The van der Waals surface area contributed by atoms with Crippen LogP contribution in [0, 0.1) is 0 Å². The van der Waals surface area contributed by atoms with Gasteiger partial charge in [0.15, 0.2) is 0 Å². The van der Waals surface area contributed by atoms with Crippen molar-refractivity contribution in [2.24, 2.45) is 0 Å². The summed E-state index contributed by atoms with van der Waals surface area (Å²) in [5.41, 5.74) is 4.73. The minimum Gasteiger partial charge on any atom is -0.419 e. The molecule has 5 rings (SSSR count). The predicted molar refractivity (Wildman–Crippen MR) is 118 cm³/mol. The van der Waals surface area contributed by atoms with Crippen LogP contribution in [0.3, 0.4) is 0 Å². The van der Waals surface area contributed by atoms with E-state index < -0.39 is 0 Å². The van der Waals surface area contributed by atoms with E-state index in [1.165, 1.54) is 48.1 Å². The second-order valence-corrected chi connectivity index (χ2v) is 8.24. The third kappa shape index (κ3) is 4.30. The van der Waals surface area contributed by atoms with E-state index in [0.717, 1.165) is 18.7 Å². The number of rotatable bonds is 7. The van der Waals surface area contributed by atoms with E-state index in [1.54, 1.807) is 0 Å². The topological polar surface area (TPSA) is 61.2 Å². The van der Waals surface area contributed by atoms with Gasteiger partial charge in [-0.2, -0.15) is 0 Å². The highest BCUT2D eigenvalue weighted by Gasteiger charge is 2.14. The van der Waals surface area contributed by atoms with Crippen LogP contribution in [0.25, 0.3) is 22.4 Å². The van der Waals surface area contributed by atoms with E-state index >= 15 is 0 Å². The number of fused-ring (bicyclic) bond motifs is 1. The number of hydrogen-bond acceptors (Lipinski definition) is 5. The molecule has 0 amide bonds. The largest absolute Gasteiger partial charge is 0.419 e. The highest BCUT2D eigenvalue weighted by Crippen LogP contribution is 2.21. The first-order valence-electron chi connectivity index (χ1n) is 10.6. The van der Waals surface area contributed by atoms with Gasteiger partial charge in [0.1, 0.15) is 0 Å². The quantitative estimate of drug-likeness (QED) is 0.496. The van der Waals surface area contributed by atoms with Crippen LogP contribution in [0.1, 0.15) is 30.0 Å². The maximum Gasteiger partial charge on any atom is 0.247 e. The lowest BCUT2D eigenvalue weighted by Crippen LogP contribution is -2.18. The zero-order valence-corrected chi connectivity index (χ0v) is 17.3. The maximum atomic E-state index is 5.84. The molecule has 0 unspecified atom stereocenters. The molecule has 0 spiro atoms. The molecule has 6 heteroatoms. The molecule has 1 fully saturated rings. The Morgan fingerprint density at radius 2 is 1.83 bits per heavy atom. The highest BCUT2D eigenvalue weighted by atomic mass is 16.4. The van der Waals surface area contributed by atoms with Gasteiger partial charge in [-0.25, -0.2) is 0 Å². The van der Waals surface area contributed by atoms with Crippen molar-refractivity contribution in [2.45, 2.75) is 32.5 Å².